The summed E-state index contributed by atoms with van der Waals surface area (Å²) in [7, 11) is 0. The minimum atomic E-state index is -0.718. The summed E-state index contributed by atoms with van der Waals surface area (Å²) in [4.78, 5) is 0. The van der Waals surface area contributed by atoms with Crippen LogP contribution in [0.5, 0.6) is 0 Å². The minimum absolute atomic E-state index is 0.284. The number of hydrogen-bond donors (Lipinski definition) is 1. The van der Waals surface area contributed by atoms with Crippen molar-refractivity contribution in [1.29, 1.82) is 5.26 Å². The van der Waals surface area contributed by atoms with E-state index >= 15 is 0 Å². The van der Waals surface area contributed by atoms with Crippen LogP contribution in [0.25, 0.3) is 0 Å². The molecular weight excluding hydrogens is 210 g/mol. The smallest absolute Gasteiger partial charge is 0.0865 e. The predicted octanol–water partition coefficient (Wildman–Crippen LogP) is 3.65. The molecule has 1 N–H and O–H groups in total. The van der Waals surface area contributed by atoms with Crippen molar-refractivity contribution in [1.82, 2.24) is 0 Å². The average Bonchev–Trinajstić information content (AvgIpc) is 2.78. The summed E-state index contributed by atoms with van der Waals surface area (Å²) in [6, 6.07) is 2.53. The molecular formula is C15H25NO. The zero-order valence-electron chi connectivity index (χ0n) is 11.2. The van der Waals surface area contributed by atoms with Crippen LogP contribution in [0.2, 0.25) is 0 Å². The molecule has 0 aromatic heterocycles. The second-order valence-electron chi connectivity index (χ2n) is 6.28. The molecule has 0 aromatic rings. The van der Waals surface area contributed by atoms with Crippen LogP contribution < -0.4 is 0 Å². The maximum Gasteiger partial charge on any atom is 0.0865 e. The highest BCUT2D eigenvalue weighted by atomic mass is 16.3. The second-order valence-corrected chi connectivity index (χ2v) is 6.28. The quantitative estimate of drug-likeness (QED) is 0.794. The zero-order valence-corrected chi connectivity index (χ0v) is 11.2. The van der Waals surface area contributed by atoms with E-state index in [0.717, 1.165) is 44.9 Å². The Morgan fingerprint density at radius 3 is 2.59 bits per heavy atom. The summed E-state index contributed by atoms with van der Waals surface area (Å²) < 4.78 is 0. The topological polar surface area (TPSA) is 44.0 Å². The standard InChI is InChI=1S/C15H25NO/c1-3-13-7-9-14(10-13,11-16)15(17)8-5-4-6-12(15)2/h12-13,17H,3-10H2,1-2H3. The summed E-state index contributed by atoms with van der Waals surface area (Å²) >= 11 is 0. The van der Waals surface area contributed by atoms with Crippen molar-refractivity contribution >= 4 is 0 Å². The van der Waals surface area contributed by atoms with Gasteiger partial charge in [0.1, 0.15) is 0 Å². The van der Waals surface area contributed by atoms with Gasteiger partial charge in [0.25, 0.3) is 0 Å². The van der Waals surface area contributed by atoms with Crippen LogP contribution in [0.3, 0.4) is 0 Å². The Morgan fingerprint density at radius 2 is 2.06 bits per heavy atom. The van der Waals surface area contributed by atoms with Gasteiger partial charge in [0.2, 0.25) is 0 Å². The Labute approximate surface area is 105 Å². The molecule has 4 atom stereocenters. The highest BCUT2D eigenvalue weighted by Gasteiger charge is 2.57. The first kappa shape index (κ1) is 12.9. The monoisotopic (exact) mass is 235 g/mol. The van der Waals surface area contributed by atoms with E-state index in [1.807, 2.05) is 0 Å². The molecule has 2 aliphatic carbocycles. The summed E-state index contributed by atoms with van der Waals surface area (Å²) in [6.07, 6.45) is 8.30. The Kier molecular flexibility index (Phi) is 3.50. The van der Waals surface area contributed by atoms with Crippen molar-refractivity contribution in [2.24, 2.45) is 17.3 Å². The lowest BCUT2D eigenvalue weighted by Crippen LogP contribution is -2.52. The fourth-order valence-corrected chi connectivity index (χ4v) is 4.13. The van der Waals surface area contributed by atoms with Gasteiger partial charge in [-0.15, -0.1) is 0 Å². The van der Waals surface area contributed by atoms with Crippen molar-refractivity contribution in [2.75, 3.05) is 0 Å². The molecule has 0 spiro atoms. The van der Waals surface area contributed by atoms with Gasteiger partial charge < -0.3 is 5.11 Å². The van der Waals surface area contributed by atoms with Crippen LogP contribution >= 0.6 is 0 Å². The SMILES string of the molecule is CCC1CCC(C#N)(C2(O)CCCCC2C)C1. The van der Waals surface area contributed by atoms with E-state index in [4.69, 9.17) is 0 Å². The Morgan fingerprint density at radius 1 is 1.29 bits per heavy atom. The third-order valence-corrected chi connectivity index (χ3v) is 5.50. The summed E-state index contributed by atoms with van der Waals surface area (Å²) in [5, 5.41) is 20.7. The van der Waals surface area contributed by atoms with Gasteiger partial charge in [-0.25, -0.2) is 0 Å². The molecule has 96 valence electrons. The lowest BCUT2D eigenvalue weighted by atomic mass is 9.60. The lowest BCUT2D eigenvalue weighted by molar-refractivity contribution is -0.118. The molecule has 4 unspecified atom stereocenters. The van der Waals surface area contributed by atoms with Crippen LogP contribution in [0.15, 0.2) is 0 Å². The molecule has 2 heteroatoms. The summed E-state index contributed by atoms with van der Waals surface area (Å²) in [5.41, 5.74) is -1.17. The number of nitriles is 1. The molecule has 0 bridgehead atoms. The van der Waals surface area contributed by atoms with Gasteiger partial charge in [-0.05, 0) is 43.9 Å². The van der Waals surface area contributed by atoms with Crippen molar-refractivity contribution in [3.63, 3.8) is 0 Å². The molecule has 2 fully saturated rings. The highest BCUT2D eigenvalue weighted by Crippen LogP contribution is 2.56. The number of aliphatic hydroxyl groups is 1. The van der Waals surface area contributed by atoms with Gasteiger partial charge in [0.15, 0.2) is 0 Å². The average molecular weight is 235 g/mol. The predicted molar refractivity (Wildman–Crippen MR) is 68.3 cm³/mol. The van der Waals surface area contributed by atoms with Crippen LogP contribution in [-0.2, 0) is 0 Å². The van der Waals surface area contributed by atoms with Crippen LogP contribution in [-0.4, -0.2) is 10.7 Å². The third kappa shape index (κ3) is 1.89. The van der Waals surface area contributed by atoms with Crippen LogP contribution in [0, 0.1) is 28.6 Å². The lowest BCUT2D eigenvalue weighted by Gasteiger charge is -2.47. The highest BCUT2D eigenvalue weighted by molar-refractivity contribution is 5.16. The Hall–Kier alpha value is -0.550. The van der Waals surface area contributed by atoms with Crippen LogP contribution in [0.1, 0.15) is 65.2 Å². The largest absolute Gasteiger partial charge is 0.388 e. The van der Waals surface area contributed by atoms with E-state index in [1.54, 1.807) is 0 Å². The maximum absolute atomic E-state index is 11.1. The van der Waals surface area contributed by atoms with Gasteiger partial charge in [-0.2, -0.15) is 5.26 Å². The Bertz CT molecular complexity index is 321. The molecule has 0 aromatic carbocycles. The van der Waals surface area contributed by atoms with Crippen molar-refractivity contribution in [2.45, 2.75) is 70.8 Å². The summed E-state index contributed by atoms with van der Waals surface area (Å²) in [5.74, 6) is 0.930. The molecule has 0 heterocycles. The van der Waals surface area contributed by atoms with E-state index in [9.17, 15) is 10.4 Å². The van der Waals surface area contributed by atoms with Crippen molar-refractivity contribution in [3.8, 4) is 6.07 Å². The van der Waals surface area contributed by atoms with E-state index < -0.39 is 11.0 Å². The Balaban J connectivity index is 2.26. The molecule has 2 nitrogen and oxygen atoms in total. The molecule has 2 rings (SSSR count). The first-order valence-corrected chi connectivity index (χ1v) is 7.21. The fraction of sp³-hybridized carbons (Fsp3) is 0.933. The van der Waals surface area contributed by atoms with Crippen molar-refractivity contribution < 1.29 is 5.11 Å². The molecule has 0 amide bonds. The normalized spacial score (nSPS) is 46.7. The van der Waals surface area contributed by atoms with E-state index in [0.29, 0.717) is 5.92 Å². The number of rotatable bonds is 2. The summed E-state index contributed by atoms with van der Waals surface area (Å²) in [6.45, 7) is 4.34. The van der Waals surface area contributed by atoms with E-state index in [-0.39, 0.29) is 5.92 Å². The molecule has 2 aliphatic rings. The van der Waals surface area contributed by atoms with Gasteiger partial charge in [0, 0.05) is 0 Å². The second kappa shape index (κ2) is 4.61. The van der Waals surface area contributed by atoms with Crippen molar-refractivity contribution in [3.05, 3.63) is 0 Å². The molecule has 0 aliphatic heterocycles. The van der Waals surface area contributed by atoms with Gasteiger partial charge >= 0.3 is 0 Å². The zero-order chi connectivity index (χ0) is 12.5. The molecule has 0 radical (unpaired) electrons. The first-order valence-electron chi connectivity index (χ1n) is 7.21. The minimum Gasteiger partial charge on any atom is -0.388 e. The van der Waals surface area contributed by atoms with E-state index in [1.165, 1.54) is 6.42 Å². The maximum atomic E-state index is 11.1. The van der Waals surface area contributed by atoms with Gasteiger partial charge in [0.05, 0.1) is 17.1 Å². The number of hydrogen-bond acceptors (Lipinski definition) is 2. The fourth-order valence-electron chi connectivity index (χ4n) is 4.13. The van der Waals surface area contributed by atoms with Crippen LogP contribution in [0.4, 0.5) is 0 Å². The molecule has 2 saturated carbocycles. The number of nitrogens with zero attached hydrogens (tertiary/aromatic N) is 1. The first-order chi connectivity index (χ1) is 8.08. The molecule has 17 heavy (non-hydrogen) atoms. The van der Waals surface area contributed by atoms with E-state index in [2.05, 4.69) is 19.9 Å². The van der Waals surface area contributed by atoms with Gasteiger partial charge in [-0.3, -0.25) is 0 Å². The molecule has 0 saturated heterocycles. The van der Waals surface area contributed by atoms with Gasteiger partial charge in [-0.1, -0.05) is 33.1 Å². The third-order valence-electron chi connectivity index (χ3n) is 5.50.